The maximum absolute atomic E-state index is 13.1. The number of nitrogens with one attached hydrogen (secondary N) is 1. The molecule has 5 heteroatoms. The number of ether oxygens (including phenoxy) is 2. The van der Waals surface area contributed by atoms with Crippen LogP contribution in [-0.2, 0) is 17.9 Å². The van der Waals surface area contributed by atoms with E-state index in [1.54, 1.807) is 6.07 Å². The van der Waals surface area contributed by atoms with Crippen LogP contribution in [0.2, 0.25) is 5.02 Å². The van der Waals surface area contributed by atoms with Gasteiger partial charge in [0.25, 0.3) is 0 Å². The monoisotopic (exact) mass is 349 g/mol. The van der Waals surface area contributed by atoms with Gasteiger partial charge in [-0.2, -0.15) is 0 Å². The minimum Gasteiger partial charge on any atom is -0.489 e. The summed E-state index contributed by atoms with van der Waals surface area (Å²) in [5.41, 5.74) is 1.91. The molecule has 128 valence electrons. The zero-order valence-electron chi connectivity index (χ0n) is 13.4. The minimum atomic E-state index is -0.344. The predicted octanol–water partition coefficient (Wildman–Crippen LogP) is 4.33. The molecule has 0 aromatic heterocycles. The van der Waals surface area contributed by atoms with Gasteiger partial charge >= 0.3 is 0 Å². The van der Waals surface area contributed by atoms with Gasteiger partial charge in [-0.15, -0.1) is 0 Å². The van der Waals surface area contributed by atoms with Gasteiger partial charge in [-0.3, -0.25) is 0 Å². The Balaban J connectivity index is 1.50. The molecule has 0 spiro atoms. The molecule has 0 amide bonds. The van der Waals surface area contributed by atoms with Crippen molar-refractivity contribution in [3.63, 3.8) is 0 Å². The van der Waals surface area contributed by atoms with Crippen LogP contribution in [0.3, 0.4) is 0 Å². The number of halogens is 2. The fourth-order valence-corrected chi connectivity index (χ4v) is 2.95. The highest BCUT2D eigenvalue weighted by atomic mass is 35.5. The fourth-order valence-electron chi connectivity index (χ4n) is 2.73. The van der Waals surface area contributed by atoms with Gasteiger partial charge in [-0.1, -0.05) is 29.8 Å². The van der Waals surface area contributed by atoms with Crippen molar-refractivity contribution in [2.24, 2.45) is 0 Å². The molecule has 1 N–H and O–H groups in total. The first-order chi connectivity index (χ1) is 11.7. The van der Waals surface area contributed by atoms with Gasteiger partial charge in [0.2, 0.25) is 0 Å². The van der Waals surface area contributed by atoms with Crippen LogP contribution < -0.4 is 10.1 Å². The summed E-state index contributed by atoms with van der Waals surface area (Å²) < 4.78 is 24.4. The molecule has 1 heterocycles. The highest BCUT2D eigenvalue weighted by molar-refractivity contribution is 6.31. The van der Waals surface area contributed by atoms with Crippen LogP contribution in [0.15, 0.2) is 42.5 Å². The number of rotatable bonds is 7. The summed E-state index contributed by atoms with van der Waals surface area (Å²) >= 11 is 6.02. The molecule has 1 aliphatic rings. The van der Waals surface area contributed by atoms with E-state index >= 15 is 0 Å². The smallest absolute Gasteiger partial charge is 0.124 e. The summed E-state index contributed by atoms with van der Waals surface area (Å²) in [6, 6.07) is 12.2. The maximum atomic E-state index is 13.1. The van der Waals surface area contributed by atoms with E-state index in [2.05, 4.69) is 11.4 Å². The molecule has 0 bridgehead atoms. The van der Waals surface area contributed by atoms with E-state index in [4.69, 9.17) is 21.1 Å². The molecule has 3 rings (SSSR count). The van der Waals surface area contributed by atoms with E-state index in [0.29, 0.717) is 17.7 Å². The van der Waals surface area contributed by atoms with Gasteiger partial charge in [-0.05, 0) is 42.7 Å². The molecule has 0 aliphatic carbocycles. The van der Waals surface area contributed by atoms with E-state index in [-0.39, 0.29) is 5.82 Å². The highest BCUT2D eigenvalue weighted by Crippen LogP contribution is 2.21. The first-order valence-corrected chi connectivity index (χ1v) is 8.56. The van der Waals surface area contributed by atoms with Crippen molar-refractivity contribution in [2.45, 2.75) is 32.1 Å². The molecule has 0 radical (unpaired) electrons. The summed E-state index contributed by atoms with van der Waals surface area (Å²) in [7, 11) is 0. The molecule has 0 unspecified atom stereocenters. The average molecular weight is 350 g/mol. The molecule has 24 heavy (non-hydrogen) atoms. The summed E-state index contributed by atoms with van der Waals surface area (Å²) in [6.07, 6.45) is 2.63. The van der Waals surface area contributed by atoms with E-state index in [9.17, 15) is 4.39 Å². The maximum Gasteiger partial charge on any atom is 0.124 e. The Hall–Kier alpha value is -1.62. The first kappa shape index (κ1) is 17.2. The zero-order chi connectivity index (χ0) is 16.8. The van der Waals surface area contributed by atoms with E-state index in [1.807, 2.05) is 18.2 Å². The normalized spacial score (nSPS) is 17.2. The third kappa shape index (κ3) is 4.94. The third-order valence-electron chi connectivity index (χ3n) is 4.03. The molecule has 1 atom stereocenters. The lowest BCUT2D eigenvalue weighted by molar-refractivity contribution is 0.110. The van der Waals surface area contributed by atoms with Gasteiger partial charge < -0.3 is 14.8 Å². The summed E-state index contributed by atoms with van der Waals surface area (Å²) in [5, 5.41) is 3.80. The van der Waals surface area contributed by atoms with Gasteiger partial charge in [0, 0.05) is 25.3 Å². The molecule has 0 saturated carbocycles. The van der Waals surface area contributed by atoms with Gasteiger partial charge in [0.15, 0.2) is 0 Å². The molecular formula is C19H21ClFNO2. The Labute approximate surface area is 146 Å². The van der Waals surface area contributed by atoms with Crippen LogP contribution >= 0.6 is 11.6 Å². The highest BCUT2D eigenvalue weighted by Gasteiger charge is 2.14. The number of hydrogen-bond acceptors (Lipinski definition) is 3. The van der Waals surface area contributed by atoms with E-state index in [1.165, 1.54) is 12.1 Å². The first-order valence-electron chi connectivity index (χ1n) is 8.19. The summed E-state index contributed by atoms with van der Waals surface area (Å²) in [5.74, 6) is 0.426. The third-order valence-corrected chi connectivity index (χ3v) is 4.38. The van der Waals surface area contributed by atoms with Crippen LogP contribution in [-0.4, -0.2) is 19.3 Å². The SMILES string of the molecule is Fc1ccc(COc2cccc(CNC[C@H]3CCCO3)c2)c(Cl)c1. The average Bonchev–Trinajstić information content (AvgIpc) is 3.08. The van der Waals surface area contributed by atoms with Crippen molar-refractivity contribution in [2.75, 3.05) is 13.2 Å². The molecular weight excluding hydrogens is 329 g/mol. The lowest BCUT2D eigenvalue weighted by atomic mass is 10.2. The molecule has 2 aromatic rings. The van der Waals surface area contributed by atoms with Crippen molar-refractivity contribution in [3.05, 3.63) is 64.4 Å². The Bertz CT molecular complexity index is 674. The number of hydrogen-bond donors (Lipinski definition) is 1. The molecule has 3 nitrogen and oxygen atoms in total. The van der Waals surface area contributed by atoms with Gasteiger partial charge in [0.1, 0.15) is 18.2 Å². The van der Waals surface area contributed by atoms with Crippen molar-refractivity contribution >= 4 is 11.6 Å². The van der Waals surface area contributed by atoms with Crippen molar-refractivity contribution in [1.82, 2.24) is 5.32 Å². The number of benzene rings is 2. The summed E-state index contributed by atoms with van der Waals surface area (Å²) in [6.45, 7) is 2.83. The second-order valence-corrected chi connectivity index (χ2v) is 6.34. The van der Waals surface area contributed by atoms with E-state index < -0.39 is 0 Å². The molecule has 1 aliphatic heterocycles. The van der Waals surface area contributed by atoms with Crippen LogP contribution in [0, 0.1) is 5.82 Å². The minimum absolute atomic E-state index is 0.311. The topological polar surface area (TPSA) is 30.5 Å². The Morgan fingerprint density at radius 2 is 2.17 bits per heavy atom. The summed E-state index contributed by atoms with van der Waals surface area (Å²) in [4.78, 5) is 0. The second kappa shape index (κ2) is 8.47. The lowest BCUT2D eigenvalue weighted by Crippen LogP contribution is -2.25. The second-order valence-electron chi connectivity index (χ2n) is 5.94. The van der Waals surface area contributed by atoms with Gasteiger partial charge in [0.05, 0.1) is 11.1 Å². The molecule has 1 saturated heterocycles. The van der Waals surface area contributed by atoms with Crippen molar-refractivity contribution < 1.29 is 13.9 Å². The van der Waals surface area contributed by atoms with Crippen LogP contribution in [0.25, 0.3) is 0 Å². The van der Waals surface area contributed by atoms with E-state index in [0.717, 1.165) is 49.4 Å². The van der Waals surface area contributed by atoms with Crippen molar-refractivity contribution in [3.8, 4) is 5.75 Å². The Morgan fingerprint density at radius 1 is 1.25 bits per heavy atom. The van der Waals surface area contributed by atoms with Gasteiger partial charge in [-0.25, -0.2) is 4.39 Å². The van der Waals surface area contributed by atoms with Crippen LogP contribution in [0.1, 0.15) is 24.0 Å². The Kier molecular flexibility index (Phi) is 6.07. The predicted molar refractivity (Wildman–Crippen MR) is 92.9 cm³/mol. The van der Waals surface area contributed by atoms with Crippen molar-refractivity contribution in [1.29, 1.82) is 0 Å². The van der Waals surface area contributed by atoms with Crippen LogP contribution in [0.4, 0.5) is 4.39 Å². The zero-order valence-corrected chi connectivity index (χ0v) is 14.2. The quantitative estimate of drug-likeness (QED) is 0.807. The molecule has 1 fully saturated rings. The Morgan fingerprint density at radius 3 is 2.96 bits per heavy atom. The lowest BCUT2D eigenvalue weighted by Gasteiger charge is -2.12. The van der Waals surface area contributed by atoms with Crippen LogP contribution in [0.5, 0.6) is 5.75 Å². The fraction of sp³-hybridized carbons (Fsp3) is 0.368. The largest absolute Gasteiger partial charge is 0.489 e. The standard InChI is InChI=1S/C19H21ClFNO2/c20-19-10-16(21)7-6-15(19)13-24-17-4-1-3-14(9-17)11-22-12-18-5-2-8-23-18/h1,3-4,6-7,9-10,18,22H,2,5,8,11-13H2/t18-/m1/s1. The molecule has 2 aromatic carbocycles.